The lowest BCUT2D eigenvalue weighted by molar-refractivity contribution is -0.137. The molecule has 0 aliphatic carbocycles. The number of nitrogens with zero attached hydrogens (tertiary/aromatic N) is 1. The van der Waals surface area contributed by atoms with Crippen molar-refractivity contribution in [2.75, 3.05) is 32.0 Å². The van der Waals surface area contributed by atoms with Crippen molar-refractivity contribution in [1.29, 1.82) is 0 Å². The van der Waals surface area contributed by atoms with Gasteiger partial charge in [0.05, 0.1) is 5.56 Å². The maximum atomic E-state index is 12.8. The largest absolute Gasteiger partial charge is 0.492 e. The fraction of sp³-hybridized carbons (Fsp3) is 0.429. The highest BCUT2D eigenvalue weighted by Gasteiger charge is 2.30. The zero-order valence-electron chi connectivity index (χ0n) is 15.2. The minimum Gasteiger partial charge on any atom is -0.492 e. The first-order chi connectivity index (χ1) is 12.9. The molecule has 27 heavy (non-hydrogen) atoms. The highest BCUT2D eigenvalue weighted by molar-refractivity contribution is 5.43. The molecule has 0 spiro atoms. The average molecular weight is 378 g/mol. The minimum absolute atomic E-state index is 0.430. The summed E-state index contributed by atoms with van der Waals surface area (Å²) >= 11 is 0. The summed E-state index contributed by atoms with van der Waals surface area (Å²) in [5, 5.41) is 0. The third-order valence-electron chi connectivity index (χ3n) is 5.02. The molecule has 0 atom stereocenters. The number of hydrogen-bond donors (Lipinski definition) is 1. The molecule has 3 rings (SSSR count). The van der Waals surface area contributed by atoms with Crippen LogP contribution < -0.4 is 10.5 Å². The molecule has 2 aromatic carbocycles. The SMILES string of the molecule is Nc1cccc(OCCN2CCC(Cc3cccc(C(F)(F)F)c3)CC2)c1. The van der Waals surface area contributed by atoms with Crippen molar-refractivity contribution in [3.63, 3.8) is 0 Å². The maximum absolute atomic E-state index is 12.8. The van der Waals surface area contributed by atoms with Gasteiger partial charge in [0.15, 0.2) is 0 Å². The molecule has 2 aromatic rings. The Morgan fingerprint density at radius 1 is 1.04 bits per heavy atom. The topological polar surface area (TPSA) is 38.5 Å². The predicted molar refractivity (Wildman–Crippen MR) is 101 cm³/mol. The van der Waals surface area contributed by atoms with Gasteiger partial charge in [-0.25, -0.2) is 0 Å². The summed E-state index contributed by atoms with van der Waals surface area (Å²) in [5.74, 6) is 1.20. The lowest BCUT2D eigenvalue weighted by Crippen LogP contribution is -2.37. The van der Waals surface area contributed by atoms with E-state index in [-0.39, 0.29) is 0 Å². The summed E-state index contributed by atoms with van der Waals surface area (Å²) in [6.45, 7) is 3.33. The fourth-order valence-corrected chi connectivity index (χ4v) is 3.52. The van der Waals surface area contributed by atoms with Crippen LogP contribution in [-0.2, 0) is 12.6 Å². The van der Waals surface area contributed by atoms with Gasteiger partial charge < -0.3 is 10.5 Å². The van der Waals surface area contributed by atoms with Crippen LogP contribution in [0.5, 0.6) is 5.75 Å². The Hall–Kier alpha value is -2.21. The van der Waals surface area contributed by atoms with Crippen LogP contribution in [0, 0.1) is 5.92 Å². The predicted octanol–water partition coefficient (Wildman–Crippen LogP) is 4.62. The molecule has 2 N–H and O–H groups in total. The van der Waals surface area contributed by atoms with E-state index in [4.69, 9.17) is 10.5 Å². The number of anilines is 1. The maximum Gasteiger partial charge on any atom is 0.416 e. The summed E-state index contributed by atoms with van der Waals surface area (Å²) < 4.78 is 44.2. The van der Waals surface area contributed by atoms with Crippen molar-refractivity contribution in [3.05, 3.63) is 59.7 Å². The van der Waals surface area contributed by atoms with Gasteiger partial charge in [-0.1, -0.05) is 24.3 Å². The van der Waals surface area contributed by atoms with Crippen LogP contribution in [0.15, 0.2) is 48.5 Å². The number of piperidine rings is 1. The first kappa shape index (κ1) is 19.5. The quantitative estimate of drug-likeness (QED) is 0.746. The zero-order valence-corrected chi connectivity index (χ0v) is 15.2. The molecule has 1 fully saturated rings. The fourth-order valence-electron chi connectivity index (χ4n) is 3.52. The summed E-state index contributed by atoms with van der Waals surface area (Å²) in [4.78, 5) is 2.34. The molecule has 0 saturated carbocycles. The van der Waals surface area contributed by atoms with E-state index in [0.29, 0.717) is 24.6 Å². The van der Waals surface area contributed by atoms with E-state index >= 15 is 0 Å². The van der Waals surface area contributed by atoms with Crippen molar-refractivity contribution >= 4 is 5.69 Å². The lowest BCUT2D eigenvalue weighted by Gasteiger charge is -2.32. The molecule has 3 nitrogen and oxygen atoms in total. The smallest absolute Gasteiger partial charge is 0.416 e. The van der Waals surface area contributed by atoms with Crippen molar-refractivity contribution in [3.8, 4) is 5.75 Å². The number of halogens is 3. The summed E-state index contributed by atoms with van der Waals surface area (Å²) in [6.07, 6.45) is -1.58. The van der Waals surface area contributed by atoms with Gasteiger partial charge in [0.1, 0.15) is 12.4 Å². The third kappa shape index (κ3) is 5.89. The van der Waals surface area contributed by atoms with Crippen molar-refractivity contribution in [1.82, 2.24) is 4.90 Å². The molecule has 1 aliphatic rings. The Balaban J connectivity index is 1.41. The molecule has 0 aromatic heterocycles. The lowest BCUT2D eigenvalue weighted by atomic mass is 9.89. The summed E-state index contributed by atoms with van der Waals surface area (Å²) in [6, 6.07) is 13.1. The van der Waals surface area contributed by atoms with Gasteiger partial charge in [-0.05, 0) is 62.0 Å². The van der Waals surface area contributed by atoms with Crippen molar-refractivity contribution in [2.24, 2.45) is 5.92 Å². The van der Waals surface area contributed by atoms with E-state index in [1.807, 2.05) is 18.2 Å². The number of alkyl halides is 3. The molecular weight excluding hydrogens is 353 g/mol. The van der Waals surface area contributed by atoms with E-state index < -0.39 is 11.7 Å². The van der Waals surface area contributed by atoms with Crippen LogP contribution in [0.25, 0.3) is 0 Å². The number of nitrogens with two attached hydrogens (primary N) is 1. The second-order valence-electron chi connectivity index (χ2n) is 7.11. The number of nitrogen functional groups attached to an aromatic ring is 1. The normalized spacial score (nSPS) is 16.4. The average Bonchev–Trinajstić information content (AvgIpc) is 2.63. The number of rotatable bonds is 6. The zero-order chi connectivity index (χ0) is 19.3. The monoisotopic (exact) mass is 378 g/mol. The van der Waals surface area contributed by atoms with Crippen LogP contribution in [0.3, 0.4) is 0 Å². The Kier molecular flexibility index (Phi) is 6.26. The highest BCUT2D eigenvalue weighted by Crippen LogP contribution is 2.31. The second kappa shape index (κ2) is 8.65. The van der Waals surface area contributed by atoms with E-state index in [2.05, 4.69) is 4.90 Å². The summed E-state index contributed by atoms with van der Waals surface area (Å²) in [7, 11) is 0. The molecule has 0 amide bonds. The molecule has 1 saturated heterocycles. The van der Waals surface area contributed by atoms with Crippen LogP contribution >= 0.6 is 0 Å². The van der Waals surface area contributed by atoms with Crippen molar-refractivity contribution < 1.29 is 17.9 Å². The molecular formula is C21H25F3N2O. The Labute approximate surface area is 157 Å². The van der Waals surface area contributed by atoms with Crippen LogP contribution in [-0.4, -0.2) is 31.1 Å². The molecule has 146 valence electrons. The molecule has 1 aliphatic heterocycles. The van der Waals surface area contributed by atoms with Gasteiger partial charge in [0.2, 0.25) is 0 Å². The Morgan fingerprint density at radius 2 is 1.78 bits per heavy atom. The number of benzene rings is 2. The van der Waals surface area contributed by atoms with Crippen molar-refractivity contribution in [2.45, 2.75) is 25.4 Å². The number of likely N-dealkylation sites (tertiary alicyclic amines) is 1. The van der Waals surface area contributed by atoms with Gasteiger partial charge in [0.25, 0.3) is 0 Å². The standard InChI is InChI=1S/C21H25F3N2O/c22-21(23,24)18-4-1-3-17(14-18)13-16-7-9-26(10-8-16)11-12-27-20-6-2-5-19(25)15-20/h1-6,14-16H,7-13,25H2. The third-order valence-corrected chi connectivity index (χ3v) is 5.02. The van der Waals surface area contributed by atoms with Crippen LogP contribution in [0.2, 0.25) is 0 Å². The van der Waals surface area contributed by atoms with Crippen LogP contribution in [0.1, 0.15) is 24.0 Å². The van der Waals surface area contributed by atoms with Gasteiger partial charge >= 0.3 is 6.18 Å². The Bertz CT molecular complexity index is 740. The number of hydrogen-bond acceptors (Lipinski definition) is 3. The highest BCUT2D eigenvalue weighted by atomic mass is 19.4. The Morgan fingerprint density at radius 3 is 2.48 bits per heavy atom. The molecule has 6 heteroatoms. The molecule has 0 bridgehead atoms. The first-order valence-corrected chi connectivity index (χ1v) is 9.27. The van der Waals surface area contributed by atoms with Gasteiger partial charge in [-0.15, -0.1) is 0 Å². The van der Waals surface area contributed by atoms with E-state index in [0.717, 1.165) is 49.9 Å². The second-order valence-corrected chi connectivity index (χ2v) is 7.11. The van der Waals surface area contributed by atoms with Gasteiger partial charge in [0, 0.05) is 18.3 Å². The van der Waals surface area contributed by atoms with Crippen LogP contribution in [0.4, 0.5) is 18.9 Å². The molecule has 0 unspecified atom stereocenters. The van der Waals surface area contributed by atoms with Gasteiger partial charge in [-0.3, -0.25) is 4.90 Å². The first-order valence-electron chi connectivity index (χ1n) is 9.27. The molecule has 0 radical (unpaired) electrons. The van der Waals surface area contributed by atoms with E-state index in [9.17, 15) is 13.2 Å². The van der Waals surface area contributed by atoms with E-state index in [1.165, 1.54) is 12.1 Å². The molecule has 1 heterocycles. The minimum atomic E-state index is -4.28. The van der Waals surface area contributed by atoms with Gasteiger partial charge in [-0.2, -0.15) is 13.2 Å². The number of ether oxygens (including phenoxy) is 1. The summed E-state index contributed by atoms with van der Waals surface area (Å²) in [5.41, 5.74) is 6.63. The van der Waals surface area contributed by atoms with E-state index in [1.54, 1.807) is 12.1 Å².